The lowest BCUT2D eigenvalue weighted by atomic mass is 9.93. The highest BCUT2D eigenvalue weighted by atomic mass is 15.2. The van der Waals surface area contributed by atoms with Gasteiger partial charge in [-0.15, -0.1) is 5.10 Å². The van der Waals surface area contributed by atoms with Crippen LogP contribution in [0.1, 0.15) is 52.1 Å². The van der Waals surface area contributed by atoms with Crippen molar-refractivity contribution in [2.45, 2.75) is 46.0 Å². The first-order valence-corrected chi connectivity index (χ1v) is 4.61. The fraction of sp³-hybridized carbons (Fsp3) is 0.700. The van der Waals surface area contributed by atoms with Gasteiger partial charge in [0.05, 0.1) is 11.9 Å². The van der Waals surface area contributed by atoms with Gasteiger partial charge in [0.2, 0.25) is 0 Å². The van der Waals surface area contributed by atoms with Gasteiger partial charge in [0.15, 0.2) is 5.82 Å². The van der Waals surface area contributed by atoms with E-state index in [0.29, 0.717) is 5.92 Å². The summed E-state index contributed by atoms with van der Waals surface area (Å²) in [6.45, 7) is 10.4. The van der Waals surface area contributed by atoms with Crippen LogP contribution in [-0.4, -0.2) is 15.2 Å². The Morgan fingerprint density at radius 3 is 2.08 bits per heavy atom. The Balaban J connectivity index is 2.94. The molecule has 0 unspecified atom stereocenters. The van der Waals surface area contributed by atoms with Crippen molar-refractivity contribution >= 4 is 0 Å². The molecule has 1 rings (SSSR count). The molecule has 0 aliphatic carbocycles. The summed E-state index contributed by atoms with van der Waals surface area (Å²) in [5.41, 5.74) is 0.979. The van der Waals surface area contributed by atoms with Gasteiger partial charge in [-0.25, -0.2) is 4.98 Å². The SMILES string of the molecule is CC(C)c1ncc(C(C)(C)C)nn1. The molecule has 0 saturated carbocycles. The molecular weight excluding hydrogens is 162 g/mol. The van der Waals surface area contributed by atoms with Crippen LogP contribution in [0.2, 0.25) is 0 Å². The average molecular weight is 179 g/mol. The summed E-state index contributed by atoms with van der Waals surface area (Å²) in [6, 6.07) is 0. The van der Waals surface area contributed by atoms with E-state index in [0.717, 1.165) is 11.5 Å². The molecule has 0 aliphatic rings. The third-order valence-corrected chi connectivity index (χ3v) is 1.86. The molecule has 3 heteroatoms. The van der Waals surface area contributed by atoms with Crippen molar-refractivity contribution < 1.29 is 0 Å². The lowest BCUT2D eigenvalue weighted by Gasteiger charge is -2.16. The van der Waals surface area contributed by atoms with E-state index < -0.39 is 0 Å². The maximum Gasteiger partial charge on any atom is 0.153 e. The minimum absolute atomic E-state index is 0.0372. The largest absolute Gasteiger partial charge is 0.237 e. The summed E-state index contributed by atoms with van der Waals surface area (Å²) in [7, 11) is 0. The molecule has 1 aromatic rings. The maximum atomic E-state index is 4.27. The van der Waals surface area contributed by atoms with E-state index in [9.17, 15) is 0 Å². The van der Waals surface area contributed by atoms with Gasteiger partial charge in [-0.2, -0.15) is 5.10 Å². The van der Waals surface area contributed by atoms with Crippen LogP contribution >= 0.6 is 0 Å². The van der Waals surface area contributed by atoms with Crippen LogP contribution in [0.4, 0.5) is 0 Å². The summed E-state index contributed by atoms with van der Waals surface area (Å²) in [6.07, 6.45) is 1.82. The van der Waals surface area contributed by atoms with Crippen LogP contribution < -0.4 is 0 Å². The van der Waals surface area contributed by atoms with Crippen molar-refractivity contribution in [3.63, 3.8) is 0 Å². The molecule has 0 saturated heterocycles. The number of nitrogens with zero attached hydrogens (tertiary/aromatic N) is 3. The fourth-order valence-corrected chi connectivity index (χ4v) is 0.892. The molecule has 0 aromatic carbocycles. The Kier molecular flexibility index (Phi) is 2.64. The number of hydrogen-bond donors (Lipinski definition) is 0. The smallest absolute Gasteiger partial charge is 0.153 e. The first-order chi connectivity index (χ1) is 5.91. The van der Waals surface area contributed by atoms with Gasteiger partial charge in [0.25, 0.3) is 0 Å². The second-order valence-electron chi connectivity index (χ2n) is 4.61. The van der Waals surface area contributed by atoms with Crippen LogP contribution in [0.3, 0.4) is 0 Å². The van der Waals surface area contributed by atoms with Gasteiger partial charge >= 0.3 is 0 Å². The summed E-state index contributed by atoms with van der Waals surface area (Å²) >= 11 is 0. The first kappa shape index (κ1) is 10.1. The van der Waals surface area contributed by atoms with Gasteiger partial charge in [-0.3, -0.25) is 0 Å². The zero-order chi connectivity index (χ0) is 10.1. The lowest BCUT2D eigenvalue weighted by molar-refractivity contribution is 0.545. The van der Waals surface area contributed by atoms with Crippen molar-refractivity contribution in [2.24, 2.45) is 0 Å². The Labute approximate surface area is 79.6 Å². The monoisotopic (exact) mass is 179 g/mol. The molecule has 1 heterocycles. The Bertz CT molecular complexity index is 269. The minimum Gasteiger partial charge on any atom is -0.237 e. The molecule has 0 fully saturated rings. The summed E-state index contributed by atoms with van der Waals surface area (Å²) in [4.78, 5) is 4.27. The van der Waals surface area contributed by atoms with E-state index in [1.807, 2.05) is 6.20 Å². The topological polar surface area (TPSA) is 38.7 Å². The average Bonchev–Trinajstić information content (AvgIpc) is 2.03. The maximum absolute atomic E-state index is 4.27. The molecular formula is C10H17N3. The Hall–Kier alpha value is -0.990. The minimum atomic E-state index is 0.0372. The number of aromatic nitrogens is 3. The van der Waals surface area contributed by atoms with Crippen LogP contribution in [0.15, 0.2) is 6.20 Å². The van der Waals surface area contributed by atoms with Gasteiger partial charge in [0, 0.05) is 11.3 Å². The summed E-state index contributed by atoms with van der Waals surface area (Å²) < 4.78 is 0. The molecule has 1 aromatic heterocycles. The molecule has 0 aliphatic heterocycles. The fourth-order valence-electron chi connectivity index (χ4n) is 0.892. The van der Waals surface area contributed by atoms with E-state index in [1.165, 1.54) is 0 Å². The highest BCUT2D eigenvalue weighted by Gasteiger charge is 2.16. The molecule has 0 radical (unpaired) electrons. The molecule has 0 atom stereocenters. The highest BCUT2D eigenvalue weighted by molar-refractivity contribution is 5.07. The van der Waals surface area contributed by atoms with Crippen molar-refractivity contribution in [1.82, 2.24) is 15.2 Å². The third-order valence-electron chi connectivity index (χ3n) is 1.86. The summed E-state index contributed by atoms with van der Waals surface area (Å²) in [5.74, 6) is 1.16. The zero-order valence-corrected chi connectivity index (χ0v) is 9.00. The first-order valence-electron chi connectivity index (χ1n) is 4.61. The summed E-state index contributed by atoms with van der Waals surface area (Å²) in [5, 5.41) is 8.24. The van der Waals surface area contributed by atoms with E-state index >= 15 is 0 Å². The van der Waals surface area contributed by atoms with Crippen LogP contribution in [0.25, 0.3) is 0 Å². The van der Waals surface area contributed by atoms with Crippen LogP contribution in [-0.2, 0) is 5.41 Å². The molecule has 0 amide bonds. The second kappa shape index (κ2) is 3.40. The molecule has 13 heavy (non-hydrogen) atoms. The Morgan fingerprint density at radius 1 is 1.15 bits per heavy atom. The molecule has 0 N–H and O–H groups in total. The van der Waals surface area contributed by atoms with Gasteiger partial charge in [-0.05, 0) is 0 Å². The molecule has 0 bridgehead atoms. The molecule has 0 spiro atoms. The number of rotatable bonds is 1. The van der Waals surface area contributed by atoms with Crippen molar-refractivity contribution in [2.75, 3.05) is 0 Å². The van der Waals surface area contributed by atoms with Gasteiger partial charge in [0.1, 0.15) is 0 Å². The zero-order valence-electron chi connectivity index (χ0n) is 9.00. The van der Waals surface area contributed by atoms with Gasteiger partial charge < -0.3 is 0 Å². The standard InChI is InChI=1S/C10H17N3/c1-7(2)9-11-6-8(12-13-9)10(3,4)5/h6-7H,1-5H3. The van der Waals surface area contributed by atoms with E-state index in [4.69, 9.17) is 0 Å². The molecule has 3 nitrogen and oxygen atoms in total. The van der Waals surface area contributed by atoms with Crippen molar-refractivity contribution in [3.8, 4) is 0 Å². The predicted molar refractivity (Wildman–Crippen MR) is 52.6 cm³/mol. The predicted octanol–water partition coefficient (Wildman–Crippen LogP) is 2.29. The van der Waals surface area contributed by atoms with E-state index in [1.54, 1.807) is 0 Å². The normalized spacial score (nSPS) is 12.2. The van der Waals surface area contributed by atoms with Crippen LogP contribution in [0.5, 0.6) is 0 Å². The highest BCUT2D eigenvalue weighted by Crippen LogP contribution is 2.18. The third kappa shape index (κ3) is 2.47. The van der Waals surface area contributed by atoms with Crippen molar-refractivity contribution in [1.29, 1.82) is 0 Å². The second-order valence-corrected chi connectivity index (χ2v) is 4.61. The van der Waals surface area contributed by atoms with Crippen molar-refractivity contribution in [3.05, 3.63) is 17.7 Å². The van der Waals surface area contributed by atoms with Crippen LogP contribution in [0, 0.1) is 0 Å². The van der Waals surface area contributed by atoms with Gasteiger partial charge in [-0.1, -0.05) is 34.6 Å². The van der Waals surface area contributed by atoms with E-state index in [-0.39, 0.29) is 5.41 Å². The number of hydrogen-bond acceptors (Lipinski definition) is 3. The lowest BCUT2D eigenvalue weighted by Crippen LogP contribution is -2.16. The Morgan fingerprint density at radius 2 is 1.77 bits per heavy atom. The quantitative estimate of drug-likeness (QED) is 0.664. The molecule has 72 valence electrons. The van der Waals surface area contributed by atoms with E-state index in [2.05, 4.69) is 49.8 Å².